The highest BCUT2D eigenvalue weighted by atomic mass is 16.4. The standard InChI is InChI=1S/C13H20N6O/c14-12(17-20)11-3-5-15-16-13(11)19-8-4-10(9-19)18-6-1-2-7-18/h3,5,10,20H,1-2,4,6-9H2,(H2,14,17). The Hall–Kier alpha value is -1.89. The van der Waals surface area contributed by atoms with E-state index < -0.39 is 0 Å². The maximum absolute atomic E-state index is 8.87. The summed E-state index contributed by atoms with van der Waals surface area (Å²) in [5, 5.41) is 20.1. The largest absolute Gasteiger partial charge is 0.409 e. The van der Waals surface area contributed by atoms with Gasteiger partial charge in [0.15, 0.2) is 11.7 Å². The molecule has 0 aliphatic carbocycles. The van der Waals surface area contributed by atoms with E-state index in [1.165, 1.54) is 25.9 Å². The van der Waals surface area contributed by atoms with Crippen molar-refractivity contribution in [3.63, 3.8) is 0 Å². The lowest BCUT2D eigenvalue weighted by Crippen LogP contribution is -2.36. The van der Waals surface area contributed by atoms with Gasteiger partial charge in [-0.3, -0.25) is 4.90 Å². The van der Waals surface area contributed by atoms with E-state index in [9.17, 15) is 0 Å². The predicted molar refractivity (Wildman–Crippen MR) is 76.0 cm³/mol. The summed E-state index contributed by atoms with van der Waals surface area (Å²) in [7, 11) is 0. The van der Waals surface area contributed by atoms with Crippen LogP contribution in [0.25, 0.3) is 0 Å². The SMILES string of the molecule is N/C(=N/O)c1ccnnc1N1CCC(N2CCCC2)C1. The lowest BCUT2D eigenvalue weighted by molar-refractivity contribution is 0.260. The number of nitrogens with zero attached hydrogens (tertiary/aromatic N) is 5. The quantitative estimate of drug-likeness (QED) is 0.356. The summed E-state index contributed by atoms with van der Waals surface area (Å²) < 4.78 is 0. The van der Waals surface area contributed by atoms with Crippen molar-refractivity contribution in [3.8, 4) is 0 Å². The van der Waals surface area contributed by atoms with Gasteiger partial charge in [-0.2, -0.15) is 5.10 Å². The van der Waals surface area contributed by atoms with Crippen LogP contribution >= 0.6 is 0 Å². The maximum atomic E-state index is 8.87. The van der Waals surface area contributed by atoms with Crippen LogP contribution in [0.4, 0.5) is 5.82 Å². The van der Waals surface area contributed by atoms with E-state index in [1.807, 2.05) is 0 Å². The van der Waals surface area contributed by atoms with Crippen LogP contribution in [0.5, 0.6) is 0 Å². The van der Waals surface area contributed by atoms with Gasteiger partial charge < -0.3 is 15.8 Å². The molecule has 2 saturated heterocycles. The van der Waals surface area contributed by atoms with E-state index in [-0.39, 0.29) is 5.84 Å². The highest BCUT2D eigenvalue weighted by Crippen LogP contribution is 2.25. The van der Waals surface area contributed by atoms with Crippen LogP contribution in [-0.4, -0.2) is 58.4 Å². The molecule has 108 valence electrons. The van der Waals surface area contributed by atoms with Crippen molar-refractivity contribution >= 4 is 11.7 Å². The summed E-state index contributed by atoms with van der Waals surface area (Å²) >= 11 is 0. The number of rotatable bonds is 3. The zero-order chi connectivity index (χ0) is 13.9. The Kier molecular flexibility index (Phi) is 3.68. The Bertz CT molecular complexity index is 499. The summed E-state index contributed by atoms with van der Waals surface area (Å²) in [6.07, 6.45) is 5.30. The average molecular weight is 276 g/mol. The van der Waals surface area contributed by atoms with Crippen LogP contribution in [0.2, 0.25) is 0 Å². The zero-order valence-electron chi connectivity index (χ0n) is 11.4. The number of hydrogen-bond acceptors (Lipinski definition) is 6. The topological polar surface area (TPSA) is 90.9 Å². The molecule has 1 aromatic rings. The fourth-order valence-electron chi connectivity index (χ4n) is 3.15. The number of likely N-dealkylation sites (tertiary alicyclic amines) is 1. The van der Waals surface area contributed by atoms with E-state index in [0.29, 0.717) is 17.4 Å². The third kappa shape index (κ3) is 2.40. The number of oxime groups is 1. The summed E-state index contributed by atoms with van der Waals surface area (Å²) in [5.74, 6) is 0.795. The molecular formula is C13H20N6O. The van der Waals surface area contributed by atoms with Crippen molar-refractivity contribution in [1.82, 2.24) is 15.1 Å². The molecule has 3 N–H and O–H groups in total. The Morgan fingerprint density at radius 2 is 2.15 bits per heavy atom. The van der Waals surface area contributed by atoms with E-state index in [0.717, 1.165) is 19.5 Å². The highest BCUT2D eigenvalue weighted by molar-refractivity contribution is 6.01. The van der Waals surface area contributed by atoms with Crippen molar-refractivity contribution in [1.29, 1.82) is 0 Å². The fourth-order valence-corrected chi connectivity index (χ4v) is 3.15. The van der Waals surface area contributed by atoms with Crippen LogP contribution in [0.15, 0.2) is 17.4 Å². The minimum absolute atomic E-state index is 0.0829. The summed E-state index contributed by atoms with van der Waals surface area (Å²) in [5.41, 5.74) is 6.36. The Morgan fingerprint density at radius 3 is 2.90 bits per heavy atom. The van der Waals surface area contributed by atoms with Gasteiger partial charge in [-0.05, 0) is 38.4 Å². The van der Waals surface area contributed by atoms with Gasteiger partial charge in [-0.25, -0.2) is 0 Å². The van der Waals surface area contributed by atoms with Crippen molar-refractivity contribution in [3.05, 3.63) is 17.8 Å². The predicted octanol–water partition coefficient (Wildman–Crippen LogP) is 0.246. The van der Waals surface area contributed by atoms with Gasteiger partial charge in [0.2, 0.25) is 0 Å². The van der Waals surface area contributed by atoms with Crippen molar-refractivity contribution in [2.24, 2.45) is 10.9 Å². The van der Waals surface area contributed by atoms with Crippen molar-refractivity contribution < 1.29 is 5.21 Å². The molecular weight excluding hydrogens is 256 g/mol. The maximum Gasteiger partial charge on any atom is 0.173 e. The van der Waals surface area contributed by atoms with Crippen molar-refractivity contribution in [2.75, 3.05) is 31.1 Å². The Morgan fingerprint density at radius 1 is 1.35 bits per heavy atom. The van der Waals surface area contributed by atoms with Crippen LogP contribution in [0, 0.1) is 0 Å². The van der Waals surface area contributed by atoms with Gasteiger partial charge in [0.05, 0.1) is 11.8 Å². The van der Waals surface area contributed by atoms with Gasteiger partial charge >= 0.3 is 0 Å². The third-order valence-corrected chi connectivity index (χ3v) is 4.20. The van der Waals surface area contributed by atoms with Crippen LogP contribution in [0.1, 0.15) is 24.8 Å². The molecule has 1 aromatic heterocycles. The number of anilines is 1. The number of nitrogens with two attached hydrogens (primary N) is 1. The van der Waals surface area contributed by atoms with Gasteiger partial charge in [0, 0.05) is 19.1 Å². The molecule has 2 aliphatic heterocycles. The number of aromatic nitrogens is 2. The monoisotopic (exact) mass is 276 g/mol. The molecule has 7 heteroatoms. The number of amidine groups is 1. The molecule has 1 unspecified atom stereocenters. The first-order valence-electron chi connectivity index (χ1n) is 7.08. The Labute approximate surface area is 118 Å². The number of hydrogen-bond donors (Lipinski definition) is 2. The summed E-state index contributed by atoms with van der Waals surface area (Å²) in [6.45, 7) is 4.27. The lowest BCUT2D eigenvalue weighted by atomic mass is 10.2. The first-order chi connectivity index (χ1) is 9.79. The van der Waals surface area contributed by atoms with Gasteiger partial charge in [-0.1, -0.05) is 5.16 Å². The molecule has 3 heterocycles. The second kappa shape index (κ2) is 5.62. The molecule has 0 radical (unpaired) electrons. The molecule has 20 heavy (non-hydrogen) atoms. The van der Waals surface area contributed by atoms with Crippen LogP contribution < -0.4 is 10.6 Å². The summed E-state index contributed by atoms with van der Waals surface area (Å²) in [6, 6.07) is 2.32. The molecule has 0 saturated carbocycles. The molecule has 0 amide bonds. The van der Waals surface area contributed by atoms with Gasteiger partial charge in [-0.15, -0.1) is 5.10 Å². The molecule has 0 aromatic carbocycles. The van der Waals surface area contributed by atoms with E-state index in [4.69, 9.17) is 10.9 Å². The first-order valence-corrected chi connectivity index (χ1v) is 7.08. The van der Waals surface area contributed by atoms with Crippen molar-refractivity contribution in [2.45, 2.75) is 25.3 Å². The normalized spacial score (nSPS) is 24.5. The third-order valence-electron chi connectivity index (χ3n) is 4.20. The molecule has 1 atom stereocenters. The van der Waals surface area contributed by atoms with E-state index in [1.54, 1.807) is 12.3 Å². The summed E-state index contributed by atoms with van der Waals surface area (Å²) in [4.78, 5) is 4.74. The second-order valence-electron chi connectivity index (χ2n) is 5.39. The van der Waals surface area contributed by atoms with Gasteiger partial charge in [0.25, 0.3) is 0 Å². The molecule has 7 nitrogen and oxygen atoms in total. The first kappa shape index (κ1) is 13.1. The fraction of sp³-hybridized carbons (Fsp3) is 0.615. The van der Waals surface area contributed by atoms with E-state index in [2.05, 4.69) is 25.2 Å². The van der Waals surface area contributed by atoms with Crippen LogP contribution in [-0.2, 0) is 0 Å². The molecule has 0 bridgehead atoms. The molecule has 0 spiro atoms. The molecule has 2 fully saturated rings. The second-order valence-corrected chi connectivity index (χ2v) is 5.39. The zero-order valence-corrected chi connectivity index (χ0v) is 11.4. The van der Waals surface area contributed by atoms with E-state index >= 15 is 0 Å². The highest BCUT2D eigenvalue weighted by Gasteiger charge is 2.31. The lowest BCUT2D eigenvalue weighted by Gasteiger charge is -2.24. The smallest absolute Gasteiger partial charge is 0.173 e. The average Bonchev–Trinajstić information content (AvgIpc) is 3.17. The minimum atomic E-state index is 0.0829. The molecule has 3 rings (SSSR count). The molecule has 2 aliphatic rings. The Balaban J connectivity index is 1.77. The van der Waals surface area contributed by atoms with Gasteiger partial charge in [0.1, 0.15) is 0 Å². The van der Waals surface area contributed by atoms with Crippen LogP contribution in [0.3, 0.4) is 0 Å². The minimum Gasteiger partial charge on any atom is -0.409 e.